The summed E-state index contributed by atoms with van der Waals surface area (Å²) in [4.78, 5) is 28.5. The van der Waals surface area contributed by atoms with E-state index in [-0.39, 0.29) is 18.1 Å². The minimum atomic E-state index is -0.247. The van der Waals surface area contributed by atoms with Gasteiger partial charge in [-0.25, -0.2) is 9.78 Å². The highest BCUT2D eigenvalue weighted by molar-refractivity contribution is 5.79. The minimum absolute atomic E-state index is 0.0191. The highest BCUT2D eigenvalue weighted by atomic mass is 16.2. The molecule has 2 heterocycles. The molecule has 112 valence electrons. The fourth-order valence-electron chi connectivity index (χ4n) is 2.38. The van der Waals surface area contributed by atoms with Crippen molar-refractivity contribution in [3.8, 4) is 0 Å². The van der Waals surface area contributed by atoms with Crippen LogP contribution in [0.1, 0.15) is 5.56 Å². The highest BCUT2D eigenvalue weighted by Crippen LogP contribution is 2.08. The fourth-order valence-corrected chi connectivity index (χ4v) is 2.38. The summed E-state index contributed by atoms with van der Waals surface area (Å²) in [6.45, 7) is 0.423. The quantitative estimate of drug-likeness (QED) is 0.782. The summed E-state index contributed by atoms with van der Waals surface area (Å²) >= 11 is 0. The molecule has 6 nitrogen and oxygen atoms in total. The molecular weight excluding hydrogens is 280 g/mol. The first-order chi connectivity index (χ1) is 10.7. The van der Waals surface area contributed by atoms with Gasteiger partial charge >= 0.3 is 5.69 Å². The van der Waals surface area contributed by atoms with Crippen molar-refractivity contribution in [2.45, 2.75) is 13.1 Å². The number of pyridine rings is 1. The van der Waals surface area contributed by atoms with E-state index in [1.807, 2.05) is 30.3 Å². The van der Waals surface area contributed by atoms with E-state index < -0.39 is 0 Å². The van der Waals surface area contributed by atoms with Gasteiger partial charge in [0, 0.05) is 19.8 Å². The van der Waals surface area contributed by atoms with E-state index in [1.165, 1.54) is 9.13 Å². The first-order valence-electron chi connectivity index (χ1n) is 6.97. The Kier molecular flexibility index (Phi) is 3.74. The third kappa shape index (κ3) is 2.63. The van der Waals surface area contributed by atoms with Gasteiger partial charge < -0.3 is 5.32 Å². The van der Waals surface area contributed by atoms with Gasteiger partial charge in [-0.05, 0) is 17.7 Å². The predicted octanol–water partition coefficient (Wildman–Crippen LogP) is 1.05. The average molecular weight is 296 g/mol. The van der Waals surface area contributed by atoms with Crippen LogP contribution in [0.5, 0.6) is 0 Å². The number of nitrogens with zero attached hydrogens (tertiary/aromatic N) is 3. The molecule has 22 heavy (non-hydrogen) atoms. The maximum Gasteiger partial charge on any atom is 0.330 e. The van der Waals surface area contributed by atoms with Gasteiger partial charge in [0.2, 0.25) is 5.91 Å². The second-order valence-electron chi connectivity index (χ2n) is 5.04. The molecule has 3 aromatic rings. The van der Waals surface area contributed by atoms with Gasteiger partial charge in [-0.2, -0.15) is 0 Å². The molecule has 0 aliphatic heterocycles. The summed E-state index contributed by atoms with van der Waals surface area (Å²) in [5, 5.41) is 2.82. The molecule has 1 N–H and O–H groups in total. The van der Waals surface area contributed by atoms with E-state index in [4.69, 9.17) is 0 Å². The molecule has 2 aromatic heterocycles. The molecule has 0 saturated heterocycles. The number of benzene rings is 1. The van der Waals surface area contributed by atoms with Crippen LogP contribution in [0, 0.1) is 0 Å². The number of nitrogens with one attached hydrogen (secondary N) is 1. The van der Waals surface area contributed by atoms with E-state index in [0.717, 1.165) is 5.56 Å². The molecule has 0 fully saturated rings. The molecule has 0 bridgehead atoms. The molecule has 6 heteroatoms. The third-order valence-electron chi connectivity index (χ3n) is 3.53. The number of rotatable bonds is 4. The first kappa shape index (κ1) is 14.1. The average Bonchev–Trinajstić information content (AvgIpc) is 2.79. The summed E-state index contributed by atoms with van der Waals surface area (Å²) in [5.74, 6) is -0.206. The van der Waals surface area contributed by atoms with Crippen LogP contribution < -0.4 is 11.0 Å². The third-order valence-corrected chi connectivity index (χ3v) is 3.53. The Morgan fingerprint density at radius 1 is 1.18 bits per heavy atom. The Hall–Kier alpha value is -2.89. The van der Waals surface area contributed by atoms with Crippen molar-refractivity contribution in [2.75, 3.05) is 0 Å². The fraction of sp³-hybridized carbons (Fsp3) is 0.188. The molecule has 1 aromatic carbocycles. The van der Waals surface area contributed by atoms with Gasteiger partial charge in [-0.3, -0.25) is 13.9 Å². The Bertz CT molecular complexity index is 865. The number of fused-ring (bicyclic) bond motifs is 1. The van der Waals surface area contributed by atoms with Crippen LogP contribution in [0.4, 0.5) is 0 Å². The number of aromatic nitrogens is 3. The SMILES string of the molecule is Cn1c(=O)n(CC(=O)NCc2ccccc2)c2cccnc21. The maximum atomic E-state index is 12.2. The molecule has 0 atom stereocenters. The Morgan fingerprint density at radius 3 is 2.73 bits per heavy atom. The summed E-state index contributed by atoms with van der Waals surface area (Å²) in [5.41, 5.74) is 2.00. The summed E-state index contributed by atoms with van der Waals surface area (Å²) in [7, 11) is 1.65. The van der Waals surface area contributed by atoms with Gasteiger partial charge in [-0.15, -0.1) is 0 Å². The molecule has 0 radical (unpaired) electrons. The topological polar surface area (TPSA) is 68.9 Å². The lowest BCUT2D eigenvalue weighted by Crippen LogP contribution is -2.32. The van der Waals surface area contributed by atoms with Crippen LogP contribution in [-0.4, -0.2) is 20.0 Å². The first-order valence-corrected chi connectivity index (χ1v) is 6.97. The second-order valence-corrected chi connectivity index (χ2v) is 5.04. The van der Waals surface area contributed by atoms with E-state index in [2.05, 4.69) is 10.3 Å². The zero-order valence-corrected chi connectivity index (χ0v) is 12.2. The zero-order valence-electron chi connectivity index (χ0n) is 12.2. The summed E-state index contributed by atoms with van der Waals surface area (Å²) in [6, 6.07) is 13.2. The Labute approximate surface area is 127 Å². The molecule has 0 spiro atoms. The van der Waals surface area contributed by atoms with Crippen LogP contribution in [0.2, 0.25) is 0 Å². The van der Waals surface area contributed by atoms with Crippen molar-refractivity contribution < 1.29 is 4.79 Å². The standard InChI is InChI=1S/C16H16N4O2/c1-19-15-13(8-5-9-17-15)20(16(19)22)11-14(21)18-10-12-6-3-2-4-7-12/h2-9H,10-11H2,1H3,(H,18,21). The van der Waals surface area contributed by atoms with Gasteiger partial charge in [0.05, 0.1) is 5.52 Å². The van der Waals surface area contributed by atoms with Crippen LogP contribution in [-0.2, 0) is 24.9 Å². The predicted molar refractivity (Wildman–Crippen MR) is 83.3 cm³/mol. The van der Waals surface area contributed by atoms with Crippen molar-refractivity contribution in [1.82, 2.24) is 19.4 Å². The molecule has 0 aliphatic carbocycles. The molecular formula is C16H16N4O2. The van der Waals surface area contributed by atoms with Crippen molar-refractivity contribution in [3.05, 3.63) is 64.7 Å². The smallest absolute Gasteiger partial charge is 0.330 e. The van der Waals surface area contributed by atoms with E-state index in [9.17, 15) is 9.59 Å². The number of aryl methyl sites for hydroxylation is 1. The van der Waals surface area contributed by atoms with Crippen molar-refractivity contribution in [2.24, 2.45) is 7.05 Å². The van der Waals surface area contributed by atoms with Gasteiger partial charge in [0.15, 0.2) is 5.65 Å². The van der Waals surface area contributed by atoms with E-state index in [0.29, 0.717) is 17.7 Å². The maximum absolute atomic E-state index is 12.2. The largest absolute Gasteiger partial charge is 0.350 e. The van der Waals surface area contributed by atoms with Crippen molar-refractivity contribution >= 4 is 17.1 Å². The molecule has 0 aliphatic rings. The molecule has 1 amide bonds. The van der Waals surface area contributed by atoms with Crippen LogP contribution >= 0.6 is 0 Å². The second kappa shape index (κ2) is 5.85. The monoisotopic (exact) mass is 296 g/mol. The van der Waals surface area contributed by atoms with Crippen molar-refractivity contribution in [1.29, 1.82) is 0 Å². The van der Waals surface area contributed by atoms with E-state index >= 15 is 0 Å². The summed E-state index contributed by atoms with van der Waals surface area (Å²) < 4.78 is 2.88. The number of carbonyl (C=O) groups excluding carboxylic acids is 1. The van der Waals surface area contributed by atoms with Crippen LogP contribution in [0.15, 0.2) is 53.5 Å². The van der Waals surface area contributed by atoms with Gasteiger partial charge in [0.1, 0.15) is 6.54 Å². The molecule has 0 unspecified atom stereocenters. The lowest BCUT2D eigenvalue weighted by molar-refractivity contribution is -0.121. The zero-order chi connectivity index (χ0) is 15.5. The normalized spacial score (nSPS) is 10.8. The minimum Gasteiger partial charge on any atom is -0.350 e. The number of hydrogen-bond acceptors (Lipinski definition) is 3. The van der Waals surface area contributed by atoms with Gasteiger partial charge in [-0.1, -0.05) is 30.3 Å². The number of imidazole rings is 1. The van der Waals surface area contributed by atoms with Gasteiger partial charge in [0.25, 0.3) is 0 Å². The number of amides is 1. The summed E-state index contributed by atoms with van der Waals surface area (Å²) in [6.07, 6.45) is 1.63. The van der Waals surface area contributed by atoms with E-state index in [1.54, 1.807) is 25.4 Å². The molecule has 3 rings (SSSR count). The number of hydrogen-bond donors (Lipinski definition) is 1. The lowest BCUT2D eigenvalue weighted by Gasteiger charge is -2.06. The van der Waals surface area contributed by atoms with Crippen LogP contribution in [0.3, 0.4) is 0 Å². The van der Waals surface area contributed by atoms with Crippen molar-refractivity contribution in [3.63, 3.8) is 0 Å². The Morgan fingerprint density at radius 2 is 1.95 bits per heavy atom. The van der Waals surface area contributed by atoms with Crippen LogP contribution in [0.25, 0.3) is 11.2 Å². The number of carbonyl (C=O) groups is 1. The highest BCUT2D eigenvalue weighted by Gasteiger charge is 2.13. The Balaban J connectivity index is 1.77. The lowest BCUT2D eigenvalue weighted by atomic mass is 10.2. The molecule has 0 saturated carbocycles.